The molecule has 0 aliphatic heterocycles. The first kappa shape index (κ1) is 16.2. The highest BCUT2D eigenvalue weighted by atomic mass is 14.9. The van der Waals surface area contributed by atoms with Gasteiger partial charge >= 0.3 is 0 Å². The van der Waals surface area contributed by atoms with Crippen molar-refractivity contribution in [3.8, 4) is 0 Å². The van der Waals surface area contributed by atoms with Gasteiger partial charge in [-0.15, -0.1) is 0 Å². The van der Waals surface area contributed by atoms with E-state index >= 15 is 0 Å². The van der Waals surface area contributed by atoms with Crippen molar-refractivity contribution in [3.63, 3.8) is 0 Å². The van der Waals surface area contributed by atoms with Gasteiger partial charge in [0, 0.05) is 18.8 Å². The minimum atomic E-state index is 0.659. The molecule has 2 aromatic rings. The molecule has 3 rings (SSSR count). The Balaban J connectivity index is 1.25. The van der Waals surface area contributed by atoms with Crippen LogP contribution in [0.15, 0.2) is 48.7 Å². The second-order valence-electron chi connectivity index (χ2n) is 6.37. The maximum absolute atomic E-state index is 4.32. The molecule has 0 amide bonds. The number of aryl methyl sites for hydroxylation is 1. The van der Waals surface area contributed by atoms with E-state index in [0.717, 1.165) is 25.3 Å². The lowest BCUT2D eigenvalue weighted by atomic mass is 9.88. The lowest BCUT2D eigenvalue weighted by Gasteiger charge is -2.25. The van der Waals surface area contributed by atoms with Crippen molar-refractivity contribution in [2.45, 2.75) is 44.7 Å². The van der Waals surface area contributed by atoms with Gasteiger partial charge in [0.25, 0.3) is 0 Å². The maximum atomic E-state index is 4.32. The Bertz CT molecular complexity index is 582. The van der Waals surface area contributed by atoms with Crippen molar-refractivity contribution in [2.75, 3.05) is 13.1 Å². The molecule has 0 bridgehead atoms. The van der Waals surface area contributed by atoms with Gasteiger partial charge in [-0.25, -0.2) is 0 Å². The lowest BCUT2D eigenvalue weighted by molar-refractivity contribution is 0.448. The third-order valence-electron chi connectivity index (χ3n) is 4.59. The number of nitrogens with one attached hydrogen (secondary N) is 2. The van der Waals surface area contributed by atoms with Crippen molar-refractivity contribution in [1.29, 1.82) is 0 Å². The Kier molecular flexibility index (Phi) is 6.18. The summed E-state index contributed by atoms with van der Waals surface area (Å²) in [7, 11) is 0. The molecule has 1 atom stereocenters. The zero-order valence-electron chi connectivity index (χ0n) is 13.8. The fourth-order valence-corrected chi connectivity index (χ4v) is 3.27. The molecule has 1 aromatic carbocycles. The normalized spacial score (nSPS) is 17.0. The highest BCUT2D eigenvalue weighted by Crippen LogP contribution is 2.20. The highest BCUT2D eigenvalue weighted by molar-refractivity contribution is 5.30. The van der Waals surface area contributed by atoms with Crippen LogP contribution in [0.25, 0.3) is 0 Å². The van der Waals surface area contributed by atoms with Crippen LogP contribution in [-0.4, -0.2) is 24.1 Å². The van der Waals surface area contributed by atoms with E-state index in [1.165, 1.54) is 37.7 Å². The molecule has 1 aliphatic rings. The van der Waals surface area contributed by atoms with Crippen LogP contribution in [0.4, 0.5) is 0 Å². The standard InChI is InChI=1S/C20H27N3/c1-2-8-18-15-19(11-10-17(18)7-1)22-14-6-5-12-21-16-20-9-3-4-13-23-20/h1-4,7-9,13,19,21-22H,5-6,10-12,14-16H2/t19-/m0/s1. The summed E-state index contributed by atoms with van der Waals surface area (Å²) >= 11 is 0. The predicted octanol–water partition coefficient (Wildman–Crippen LogP) is 3.10. The van der Waals surface area contributed by atoms with Crippen LogP contribution >= 0.6 is 0 Å². The maximum Gasteiger partial charge on any atom is 0.0541 e. The van der Waals surface area contributed by atoms with Gasteiger partial charge in [-0.1, -0.05) is 30.3 Å². The van der Waals surface area contributed by atoms with Crippen LogP contribution in [0.2, 0.25) is 0 Å². The molecule has 122 valence electrons. The average Bonchev–Trinajstić information content (AvgIpc) is 2.61. The number of rotatable bonds is 8. The minimum absolute atomic E-state index is 0.659. The number of hydrogen-bond acceptors (Lipinski definition) is 3. The molecule has 0 saturated carbocycles. The van der Waals surface area contributed by atoms with Gasteiger partial charge in [0.05, 0.1) is 5.69 Å². The van der Waals surface area contributed by atoms with Crippen LogP contribution in [0.5, 0.6) is 0 Å². The van der Waals surface area contributed by atoms with E-state index in [9.17, 15) is 0 Å². The second-order valence-corrected chi connectivity index (χ2v) is 6.37. The van der Waals surface area contributed by atoms with Crippen molar-refractivity contribution in [3.05, 3.63) is 65.5 Å². The number of benzene rings is 1. The first-order valence-corrected chi connectivity index (χ1v) is 8.82. The molecule has 1 aromatic heterocycles. The number of hydrogen-bond donors (Lipinski definition) is 2. The van der Waals surface area contributed by atoms with Crippen LogP contribution in [0, 0.1) is 0 Å². The summed E-state index contributed by atoms with van der Waals surface area (Å²) in [5.41, 5.74) is 4.20. The number of pyridine rings is 1. The van der Waals surface area contributed by atoms with Crippen molar-refractivity contribution >= 4 is 0 Å². The van der Waals surface area contributed by atoms with Crippen molar-refractivity contribution in [2.24, 2.45) is 0 Å². The molecule has 0 fully saturated rings. The first-order chi connectivity index (χ1) is 11.4. The van der Waals surface area contributed by atoms with E-state index in [1.54, 1.807) is 5.56 Å². The molecule has 1 heterocycles. The first-order valence-electron chi connectivity index (χ1n) is 8.82. The Labute approximate surface area is 139 Å². The molecule has 0 radical (unpaired) electrons. The summed E-state index contributed by atoms with van der Waals surface area (Å²) in [6.07, 6.45) is 7.97. The van der Waals surface area contributed by atoms with Gasteiger partial charge in [0.1, 0.15) is 0 Å². The molecule has 23 heavy (non-hydrogen) atoms. The van der Waals surface area contributed by atoms with Gasteiger partial charge in [-0.05, 0) is 68.5 Å². The number of unbranched alkanes of at least 4 members (excludes halogenated alkanes) is 1. The topological polar surface area (TPSA) is 37.0 Å². The fourth-order valence-electron chi connectivity index (χ4n) is 3.27. The van der Waals surface area contributed by atoms with Gasteiger partial charge in [0.2, 0.25) is 0 Å². The summed E-state index contributed by atoms with van der Waals surface area (Å²) in [5, 5.41) is 7.19. The summed E-state index contributed by atoms with van der Waals surface area (Å²) in [6.45, 7) is 3.05. The molecular weight excluding hydrogens is 282 g/mol. The van der Waals surface area contributed by atoms with Crippen LogP contribution < -0.4 is 10.6 Å². The largest absolute Gasteiger partial charge is 0.314 e. The Morgan fingerprint density at radius 2 is 1.78 bits per heavy atom. The summed E-state index contributed by atoms with van der Waals surface area (Å²) in [5.74, 6) is 0. The third kappa shape index (κ3) is 5.15. The Morgan fingerprint density at radius 3 is 2.65 bits per heavy atom. The smallest absolute Gasteiger partial charge is 0.0541 e. The summed E-state index contributed by atoms with van der Waals surface area (Å²) in [6, 6.07) is 15.6. The van der Waals surface area contributed by atoms with Gasteiger partial charge < -0.3 is 10.6 Å². The van der Waals surface area contributed by atoms with Crippen LogP contribution in [0.1, 0.15) is 36.1 Å². The Hall–Kier alpha value is -1.71. The molecule has 2 N–H and O–H groups in total. The van der Waals surface area contributed by atoms with E-state index < -0.39 is 0 Å². The summed E-state index contributed by atoms with van der Waals surface area (Å²) < 4.78 is 0. The van der Waals surface area contributed by atoms with E-state index in [4.69, 9.17) is 0 Å². The quantitative estimate of drug-likeness (QED) is 0.736. The second kappa shape index (κ2) is 8.80. The van der Waals surface area contributed by atoms with Crippen molar-refractivity contribution < 1.29 is 0 Å². The van der Waals surface area contributed by atoms with E-state index in [-0.39, 0.29) is 0 Å². The van der Waals surface area contributed by atoms with Gasteiger partial charge in [-0.2, -0.15) is 0 Å². The van der Waals surface area contributed by atoms with E-state index in [0.29, 0.717) is 6.04 Å². The molecule has 0 saturated heterocycles. The van der Waals surface area contributed by atoms with Crippen molar-refractivity contribution in [1.82, 2.24) is 15.6 Å². The molecule has 0 unspecified atom stereocenters. The monoisotopic (exact) mass is 309 g/mol. The zero-order chi connectivity index (χ0) is 15.7. The SMILES string of the molecule is c1ccc(CNCCCCN[C@H]2CCc3ccccc3C2)nc1. The Morgan fingerprint density at radius 1 is 0.957 bits per heavy atom. The lowest BCUT2D eigenvalue weighted by Crippen LogP contribution is -2.35. The van der Waals surface area contributed by atoms with E-state index in [1.807, 2.05) is 18.3 Å². The van der Waals surface area contributed by atoms with Crippen LogP contribution in [0.3, 0.4) is 0 Å². The van der Waals surface area contributed by atoms with E-state index in [2.05, 4.69) is 45.9 Å². The number of nitrogens with zero attached hydrogens (tertiary/aromatic N) is 1. The van der Waals surface area contributed by atoms with Gasteiger partial charge in [0.15, 0.2) is 0 Å². The zero-order valence-corrected chi connectivity index (χ0v) is 13.8. The third-order valence-corrected chi connectivity index (χ3v) is 4.59. The predicted molar refractivity (Wildman–Crippen MR) is 95.4 cm³/mol. The molecular formula is C20H27N3. The van der Waals surface area contributed by atoms with Crippen LogP contribution in [-0.2, 0) is 19.4 Å². The number of aromatic nitrogens is 1. The van der Waals surface area contributed by atoms with Gasteiger partial charge in [-0.3, -0.25) is 4.98 Å². The molecule has 3 heteroatoms. The molecule has 1 aliphatic carbocycles. The highest BCUT2D eigenvalue weighted by Gasteiger charge is 2.16. The fraction of sp³-hybridized carbons (Fsp3) is 0.450. The number of fused-ring (bicyclic) bond motifs is 1. The minimum Gasteiger partial charge on any atom is -0.314 e. The summed E-state index contributed by atoms with van der Waals surface area (Å²) in [4.78, 5) is 4.32. The molecule has 0 spiro atoms. The molecule has 3 nitrogen and oxygen atoms in total. The average molecular weight is 309 g/mol.